The second-order valence-corrected chi connectivity index (χ2v) is 9.92. The lowest BCUT2D eigenvalue weighted by Gasteiger charge is -2.39. The van der Waals surface area contributed by atoms with E-state index in [1.54, 1.807) is 11.0 Å². The molecule has 8 nitrogen and oxygen atoms in total. The predicted octanol–water partition coefficient (Wildman–Crippen LogP) is 2.46. The third kappa shape index (κ3) is 4.19. The van der Waals surface area contributed by atoms with E-state index in [0.717, 1.165) is 19.3 Å². The third-order valence-electron chi connectivity index (χ3n) is 7.81. The second kappa shape index (κ2) is 10.6. The molecular weight excluding hydrogens is 436 g/mol. The summed E-state index contributed by atoms with van der Waals surface area (Å²) in [6.07, 6.45) is 7.56. The number of fused-ring (bicyclic) bond motifs is 1. The van der Waals surface area contributed by atoms with Gasteiger partial charge in [0.1, 0.15) is 24.2 Å². The third-order valence-corrected chi connectivity index (χ3v) is 7.81. The van der Waals surface area contributed by atoms with E-state index >= 15 is 0 Å². The maximum absolute atomic E-state index is 14.1. The average molecular weight is 477 g/mol. The number of carbonyl (C=O) groups excluding carboxylic acids is 3. The Morgan fingerprint density at radius 3 is 2.62 bits per heavy atom. The molecule has 2 unspecified atom stereocenters. The van der Waals surface area contributed by atoms with Crippen LogP contribution in [0.4, 0.5) is 0 Å². The lowest BCUT2D eigenvalue weighted by Crippen LogP contribution is -2.58. The van der Waals surface area contributed by atoms with Crippen LogP contribution in [0.5, 0.6) is 0 Å². The molecule has 0 aromatic heterocycles. The van der Waals surface area contributed by atoms with Crippen molar-refractivity contribution in [2.75, 3.05) is 26.3 Å². The minimum atomic E-state index is -1.12. The monoisotopic (exact) mass is 476 g/mol. The van der Waals surface area contributed by atoms with E-state index in [1.165, 1.54) is 11.0 Å². The minimum absolute atomic E-state index is 0.0458. The summed E-state index contributed by atoms with van der Waals surface area (Å²) in [6.45, 7) is 13.9. The van der Waals surface area contributed by atoms with Gasteiger partial charge in [-0.1, -0.05) is 45.4 Å². The van der Waals surface area contributed by atoms with Crippen molar-refractivity contribution in [2.45, 2.75) is 82.6 Å². The second-order valence-electron chi connectivity index (χ2n) is 9.92. The normalized spacial score (nSPS) is 32.4. The standard InChI is InChI=1S/C26H40N2O6/c1-6-10-11-15-27(14-7-2)23(31)21-26-13-12-25(5,34-26)20(24(32)33-16-8-3)19(26)22(30)28(21)18(9-4)17-29/h7-8,18-21,29H,2-3,6,9-17H2,1,4-5H3/t18-,19-,20+,21?,25-,26?/m0/s1. The number of aliphatic hydroxyl groups excluding tert-OH is 1. The van der Waals surface area contributed by atoms with Crippen LogP contribution in [0, 0.1) is 11.8 Å². The summed E-state index contributed by atoms with van der Waals surface area (Å²) in [6, 6.07) is -1.44. The Morgan fingerprint density at radius 2 is 2.03 bits per heavy atom. The average Bonchev–Trinajstić information content (AvgIpc) is 3.39. The maximum atomic E-state index is 14.1. The van der Waals surface area contributed by atoms with Gasteiger partial charge in [0.15, 0.2) is 0 Å². The number of hydrogen-bond donors (Lipinski definition) is 1. The summed E-state index contributed by atoms with van der Waals surface area (Å²) in [5.41, 5.74) is -2.00. The number of unbranched alkanes of at least 4 members (excludes halogenated alkanes) is 2. The zero-order chi connectivity index (χ0) is 25.1. The van der Waals surface area contributed by atoms with Gasteiger partial charge in [-0.25, -0.2) is 0 Å². The molecule has 3 aliphatic rings. The van der Waals surface area contributed by atoms with Crippen LogP contribution in [0.15, 0.2) is 25.3 Å². The molecule has 3 saturated heterocycles. The molecule has 1 spiro atoms. The predicted molar refractivity (Wildman–Crippen MR) is 128 cm³/mol. The fraction of sp³-hybridized carbons (Fsp3) is 0.731. The molecule has 3 fully saturated rings. The van der Waals surface area contributed by atoms with Crippen LogP contribution in [-0.2, 0) is 23.9 Å². The van der Waals surface area contributed by atoms with Gasteiger partial charge in [0.25, 0.3) is 0 Å². The van der Waals surface area contributed by atoms with E-state index in [9.17, 15) is 19.5 Å². The quantitative estimate of drug-likeness (QED) is 0.249. The van der Waals surface area contributed by atoms with Gasteiger partial charge in [-0.2, -0.15) is 0 Å². The van der Waals surface area contributed by atoms with Crippen LogP contribution in [0.1, 0.15) is 59.3 Å². The fourth-order valence-electron chi connectivity index (χ4n) is 6.21. The van der Waals surface area contributed by atoms with Crippen molar-refractivity contribution in [3.05, 3.63) is 25.3 Å². The minimum Gasteiger partial charge on any atom is -0.461 e. The summed E-state index contributed by atoms with van der Waals surface area (Å²) in [7, 11) is 0. The number of rotatable bonds is 13. The molecule has 34 heavy (non-hydrogen) atoms. The Hall–Kier alpha value is -2.19. The summed E-state index contributed by atoms with van der Waals surface area (Å²) in [5, 5.41) is 10.1. The lowest BCUT2D eigenvalue weighted by molar-refractivity contribution is -0.161. The molecule has 0 aromatic carbocycles. The molecule has 0 radical (unpaired) electrons. The van der Waals surface area contributed by atoms with E-state index in [-0.39, 0.29) is 25.0 Å². The molecule has 2 amide bonds. The van der Waals surface area contributed by atoms with Gasteiger partial charge in [-0.15, -0.1) is 6.58 Å². The first kappa shape index (κ1) is 26.4. The Kier molecular flexibility index (Phi) is 8.24. The fourth-order valence-corrected chi connectivity index (χ4v) is 6.21. The number of amides is 2. The van der Waals surface area contributed by atoms with E-state index in [1.807, 2.05) is 13.8 Å². The van der Waals surface area contributed by atoms with Crippen molar-refractivity contribution in [2.24, 2.45) is 11.8 Å². The van der Waals surface area contributed by atoms with Crippen molar-refractivity contribution in [3.8, 4) is 0 Å². The largest absolute Gasteiger partial charge is 0.461 e. The first-order valence-corrected chi connectivity index (χ1v) is 12.6. The Labute approximate surface area is 202 Å². The van der Waals surface area contributed by atoms with E-state index in [4.69, 9.17) is 9.47 Å². The molecule has 0 aliphatic carbocycles. The molecule has 3 heterocycles. The Balaban J connectivity index is 2.05. The van der Waals surface area contributed by atoms with Crippen LogP contribution in [0.3, 0.4) is 0 Å². The van der Waals surface area contributed by atoms with Gasteiger partial charge in [0, 0.05) is 13.1 Å². The highest BCUT2D eigenvalue weighted by atomic mass is 16.6. The number of ether oxygens (including phenoxy) is 2. The number of nitrogens with zero attached hydrogens (tertiary/aromatic N) is 2. The first-order chi connectivity index (χ1) is 16.3. The molecule has 2 bridgehead atoms. The van der Waals surface area contributed by atoms with Gasteiger partial charge in [0.2, 0.25) is 11.8 Å². The van der Waals surface area contributed by atoms with Crippen LogP contribution in [0.2, 0.25) is 0 Å². The van der Waals surface area contributed by atoms with Gasteiger partial charge < -0.3 is 24.4 Å². The van der Waals surface area contributed by atoms with Crippen molar-refractivity contribution in [3.63, 3.8) is 0 Å². The molecule has 3 rings (SSSR count). The molecule has 8 heteroatoms. The molecule has 3 aliphatic heterocycles. The van der Waals surface area contributed by atoms with Crippen LogP contribution in [-0.4, -0.2) is 82.3 Å². The van der Waals surface area contributed by atoms with Gasteiger partial charge in [0.05, 0.1) is 24.2 Å². The van der Waals surface area contributed by atoms with Crippen molar-refractivity contribution >= 4 is 17.8 Å². The molecule has 0 aromatic rings. The number of aliphatic hydroxyl groups is 1. The first-order valence-electron chi connectivity index (χ1n) is 12.6. The van der Waals surface area contributed by atoms with Crippen LogP contribution >= 0.6 is 0 Å². The summed E-state index contributed by atoms with van der Waals surface area (Å²) < 4.78 is 11.9. The number of likely N-dealkylation sites (tertiary alicyclic amines) is 1. The molecular formula is C26H40N2O6. The van der Waals surface area contributed by atoms with Gasteiger partial charge >= 0.3 is 5.97 Å². The Bertz CT molecular complexity index is 811. The highest BCUT2D eigenvalue weighted by Gasteiger charge is 2.79. The van der Waals surface area contributed by atoms with E-state index in [0.29, 0.717) is 32.4 Å². The lowest BCUT2D eigenvalue weighted by atomic mass is 9.66. The molecule has 6 atom stereocenters. The number of esters is 1. The summed E-state index contributed by atoms with van der Waals surface area (Å²) in [5.74, 6) is -2.64. The van der Waals surface area contributed by atoms with Gasteiger partial charge in [-0.05, 0) is 32.6 Å². The SMILES string of the molecule is C=CCOC(=O)[C@H]1[C@H]2C(=O)N([C@@H](CC)CO)C(C(=O)N(CC=C)CCCCC)C23CC[C@]1(C)O3. The zero-order valence-electron chi connectivity index (χ0n) is 20.8. The van der Waals surface area contributed by atoms with Gasteiger partial charge in [-0.3, -0.25) is 14.4 Å². The van der Waals surface area contributed by atoms with Crippen molar-refractivity contribution < 1.29 is 29.0 Å². The zero-order valence-corrected chi connectivity index (χ0v) is 20.8. The van der Waals surface area contributed by atoms with E-state index < -0.39 is 41.1 Å². The number of carbonyl (C=O) groups is 3. The summed E-state index contributed by atoms with van der Waals surface area (Å²) >= 11 is 0. The van der Waals surface area contributed by atoms with E-state index in [2.05, 4.69) is 20.1 Å². The smallest absolute Gasteiger partial charge is 0.313 e. The van der Waals surface area contributed by atoms with Crippen molar-refractivity contribution in [1.29, 1.82) is 0 Å². The molecule has 0 saturated carbocycles. The Morgan fingerprint density at radius 1 is 1.29 bits per heavy atom. The highest BCUT2D eigenvalue weighted by molar-refractivity contribution is 5.98. The van der Waals surface area contributed by atoms with Crippen molar-refractivity contribution in [1.82, 2.24) is 9.80 Å². The maximum Gasteiger partial charge on any atom is 0.313 e. The molecule has 190 valence electrons. The van der Waals surface area contributed by atoms with Crippen LogP contribution < -0.4 is 0 Å². The number of hydrogen-bond acceptors (Lipinski definition) is 6. The van der Waals surface area contributed by atoms with Crippen LogP contribution in [0.25, 0.3) is 0 Å². The topological polar surface area (TPSA) is 96.4 Å². The molecule has 1 N–H and O–H groups in total. The summed E-state index contributed by atoms with van der Waals surface area (Å²) in [4.78, 5) is 44.4. The highest BCUT2D eigenvalue weighted by Crippen LogP contribution is 2.63.